The first-order valence-corrected chi connectivity index (χ1v) is 6.83. The molecule has 1 amide bonds. The summed E-state index contributed by atoms with van der Waals surface area (Å²) in [5.74, 6) is 0.0858. The van der Waals surface area contributed by atoms with Crippen LogP contribution in [0.4, 0.5) is 5.69 Å². The zero-order valence-corrected chi connectivity index (χ0v) is 12.0. The molecule has 0 radical (unpaired) electrons. The van der Waals surface area contributed by atoms with Crippen LogP contribution in [0, 0.1) is 10.1 Å². The first-order chi connectivity index (χ1) is 10.1. The molecule has 7 nitrogen and oxygen atoms in total. The number of morpholine rings is 1. The van der Waals surface area contributed by atoms with Crippen molar-refractivity contribution < 1.29 is 14.5 Å². The van der Waals surface area contributed by atoms with Crippen LogP contribution in [0.25, 0.3) is 0 Å². The van der Waals surface area contributed by atoms with Crippen molar-refractivity contribution in [3.05, 3.63) is 39.9 Å². The lowest BCUT2D eigenvalue weighted by molar-refractivity contribution is -0.384. The second-order valence-electron chi connectivity index (χ2n) is 5.09. The zero-order chi connectivity index (χ0) is 15.2. The van der Waals surface area contributed by atoms with E-state index in [1.165, 1.54) is 12.1 Å². The Morgan fingerprint density at radius 2 is 1.95 bits per heavy atom. The molecule has 0 saturated carbocycles. The van der Waals surface area contributed by atoms with Crippen LogP contribution < -0.4 is 0 Å². The minimum atomic E-state index is -0.421. The van der Waals surface area contributed by atoms with E-state index in [0.717, 1.165) is 5.56 Å². The molecule has 0 atom stereocenters. The van der Waals surface area contributed by atoms with E-state index in [-0.39, 0.29) is 11.6 Å². The van der Waals surface area contributed by atoms with Gasteiger partial charge >= 0.3 is 0 Å². The predicted octanol–water partition coefficient (Wildman–Crippen LogP) is 0.885. The van der Waals surface area contributed by atoms with Gasteiger partial charge < -0.3 is 9.64 Å². The Balaban J connectivity index is 1.84. The zero-order valence-electron chi connectivity index (χ0n) is 12.0. The highest BCUT2D eigenvalue weighted by atomic mass is 16.6. The fraction of sp³-hybridized carbons (Fsp3) is 0.500. The van der Waals surface area contributed by atoms with Gasteiger partial charge in [-0.2, -0.15) is 0 Å². The van der Waals surface area contributed by atoms with Crippen molar-refractivity contribution in [2.75, 3.05) is 39.9 Å². The van der Waals surface area contributed by atoms with E-state index >= 15 is 0 Å². The fourth-order valence-electron chi connectivity index (χ4n) is 2.23. The molecule has 1 saturated heterocycles. The summed E-state index contributed by atoms with van der Waals surface area (Å²) in [5.41, 5.74) is 1.02. The van der Waals surface area contributed by atoms with Gasteiger partial charge in [-0.1, -0.05) is 12.1 Å². The molecule has 7 heteroatoms. The van der Waals surface area contributed by atoms with E-state index in [1.54, 1.807) is 17.0 Å². The van der Waals surface area contributed by atoms with Gasteiger partial charge in [0.25, 0.3) is 5.69 Å². The number of hydrogen-bond acceptors (Lipinski definition) is 5. The van der Waals surface area contributed by atoms with Crippen molar-refractivity contribution in [2.45, 2.75) is 6.54 Å². The van der Waals surface area contributed by atoms with Gasteiger partial charge in [0.1, 0.15) is 0 Å². The van der Waals surface area contributed by atoms with E-state index < -0.39 is 4.92 Å². The number of carbonyl (C=O) groups is 1. The largest absolute Gasteiger partial charge is 0.378 e. The van der Waals surface area contributed by atoms with Crippen molar-refractivity contribution in [1.29, 1.82) is 0 Å². The summed E-state index contributed by atoms with van der Waals surface area (Å²) >= 11 is 0. The van der Waals surface area contributed by atoms with E-state index in [2.05, 4.69) is 0 Å². The van der Waals surface area contributed by atoms with Gasteiger partial charge in [-0.15, -0.1) is 0 Å². The number of non-ortho nitro benzene ring substituents is 1. The highest BCUT2D eigenvalue weighted by Crippen LogP contribution is 2.13. The summed E-state index contributed by atoms with van der Waals surface area (Å²) in [7, 11) is 1.86. The number of carbonyl (C=O) groups excluding carboxylic acids is 1. The predicted molar refractivity (Wildman–Crippen MR) is 76.8 cm³/mol. The van der Waals surface area contributed by atoms with Crippen molar-refractivity contribution in [3.63, 3.8) is 0 Å². The Kier molecular flexibility index (Phi) is 5.24. The second kappa shape index (κ2) is 7.14. The highest BCUT2D eigenvalue weighted by molar-refractivity contribution is 5.78. The number of benzene rings is 1. The Morgan fingerprint density at radius 3 is 2.52 bits per heavy atom. The van der Waals surface area contributed by atoms with E-state index in [1.807, 2.05) is 11.9 Å². The number of likely N-dealkylation sites (N-methyl/N-ethyl adjacent to an activating group) is 1. The molecule has 2 rings (SSSR count). The third-order valence-electron chi connectivity index (χ3n) is 3.37. The van der Waals surface area contributed by atoms with E-state index in [9.17, 15) is 14.9 Å². The third-order valence-corrected chi connectivity index (χ3v) is 3.37. The average Bonchev–Trinajstić information content (AvgIpc) is 2.48. The lowest BCUT2D eigenvalue weighted by Crippen LogP contribution is -2.44. The molecule has 1 aromatic rings. The van der Waals surface area contributed by atoms with Crippen LogP contribution in [-0.2, 0) is 16.1 Å². The van der Waals surface area contributed by atoms with Gasteiger partial charge in [0.15, 0.2) is 0 Å². The van der Waals surface area contributed by atoms with Gasteiger partial charge in [-0.3, -0.25) is 19.8 Å². The maximum atomic E-state index is 12.1. The van der Waals surface area contributed by atoms with Gasteiger partial charge in [0, 0.05) is 31.8 Å². The first kappa shape index (κ1) is 15.4. The van der Waals surface area contributed by atoms with Crippen molar-refractivity contribution in [2.24, 2.45) is 0 Å². The summed E-state index contributed by atoms with van der Waals surface area (Å²) in [4.78, 5) is 26.0. The minimum Gasteiger partial charge on any atom is -0.378 e. The number of rotatable bonds is 5. The molecule has 0 N–H and O–H groups in total. The normalized spacial score (nSPS) is 15.2. The molecule has 1 aliphatic heterocycles. The van der Waals surface area contributed by atoms with Crippen LogP contribution in [-0.4, -0.2) is 60.5 Å². The summed E-state index contributed by atoms with van der Waals surface area (Å²) < 4.78 is 5.22. The molecule has 114 valence electrons. The lowest BCUT2D eigenvalue weighted by atomic mass is 10.2. The average molecular weight is 293 g/mol. The lowest BCUT2D eigenvalue weighted by Gasteiger charge is -2.28. The number of nitro benzene ring substituents is 1. The molecule has 0 aromatic heterocycles. The van der Waals surface area contributed by atoms with E-state index in [0.29, 0.717) is 39.4 Å². The maximum Gasteiger partial charge on any atom is 0.269 e. The molecule has 1 aromatic carbocycles. The Bertz CT molecular complexity index is 497. The Labute approximate surface area is 123 Å². The smallest absolute Gasteiger partial charge is 0.269 e. The molecular formula is C14H19N3O4. The molecule has 1 heterocycles. The fourth-order valence-corrected chi connectivity index (χ4v) is 2.23. The Hall–Kier alpha value is -1.99. The van der Waals surface area contributed by atoms with Crippen LogP contribution >= 0.6 is 0 Å². The summed E-state index contributed by atoms with van der Waals surface area (Å²) in [5, 5.41) is 10.6. The van der Waals surface area contributed by atoms with Gasteiger partial charge in [-0.25, -0.2) is 0 Å². The SMILES string of the molecule is CN(CC(=O)N1CCOCC1)Cc1ccc([N+](=O)[O-])cc1. The standard InChI is InChI=1S/C14H19N3O4/c1-15(11-14(18)16-6-8-21-9-7-16)10-12-2-4-13(5-3-12)17(19)20/h2-5H,6-11H2,1H3. The monoisotopic (exact) mass is 293 g/mol. The van der Waals surface area contributed by atoms with E-state index in [4.69, 9.17) is 4.74 Å². The second-order valence-corrected chi connectivity index (χ2v) is 5.09. The van der Waals surface area contributed by atoms with Gasteiger partial charge in [0.05, 0.1) is 24.7 Å². The number of amides is 1. The summed E-state index contributed by atoms with van der Waals surface area (Å²) in [6.07, 6.45) is 0. The molecule has 21 heavy (non-hydrogen) atoms. The third kappa shape index (κ3) is 4.51. The van der Waals surface area contributed by atoms with Crippen LogP contribution in [0.1, 0.15) is 5.56 Å². The molecule has 0 bridgehead atoms. The van der Waals surface area contributed by atoms with Gasteiger partial charge in [0.2, 0.25) is 5.91 Å². The van der Waals surface area contributed by atoms with Crippen LogP contribution in [0.5, 0.6) is 0 Å². The summed E-state index contributed by atoms with van der Waals surface area (Å²) in [6, 6.07) is 6.39. The molecule has 0 unspecified atom stereocenters. The summed E-state index contributed by atoms with van der Waals surface area (Å²) in [6.45, 7) is 3.38. The van der Waals surface area contributed by atoms with Crippen molar-refractivity contribution in [1.82, 2.24) is 9.80 Å². The quantitative estimate of drug-likeness (QED) is 0.595. The van der Waals surface area contributed by atoms with Crippen LogP contribution in [0.3, 0.4) is 0 Å². The molecule has 0 aliphatic carbocycles. The molecule has 1 fully saturated rings. The highest BCUT2D eigenvalue weighted by Gasteiger charge is 2.18. The molecule has 1 aliphatic rings. The number of nitrogens with zero attached hydrogens (tertiary/aromatic N) is 3. The Morgan fingerprint density at radius 1 is 1.33 bits per heavy atom. The minimum absolute atomic E-state index is 0.0748. The number of ether oxygens (including phenoxy) is 1. The first-order valence-electron chi connectivity index (χ1n) is 6.83. The number of hydrogen-bond donors (Lipinski definition) is 0. The molecule has 0 spiro atoms. The topological polar surface area (TPSA) is 75.9 Å². The van der Waals surface area contributed by atoms with Crippen molar-refractivity contribution in [3.8, 4) is 0 Å². The van der Waals surface area contributed by atoms with Crippen molar-refractivity contribution >= 4 is 11.6 Å². The van der Waals surface area contributed by atoms with Gasteiger partial charge in [-0.05, 0) is 12.6 Å². The number of nitro groups is 1. The molecular weight excluding hydrogens is 274 g/mol. The van der Waals surface area contributed by atoms with Crippen LogP contribution in [0.2, 0.25) is 0 Å². The van der Waals surface area contributed by atoms with Crippen LogP contribution in [0.15, 0.2) is 24.3 Å². The maximum absolute atomic E-state index is 12.1.